The van der Waals surface area contributed by atoms with Gasteiger partial charge in [0.25, 0.3) is 5.91 Å². The number of allylic oxidation sites excluding steroid dienone is 1. The molecule has 4 aliphatic rings. The smallest absolute Gasteiger partial charge is 0.259 e. The highest BCUT2D eigenvalue weighted by Gasteiger charge is 2.62. The van der Waals surface area contributed by atoms with Crippen LogP contribution in [0.2, 0.25) is 0 Å². The molecule has 3 fully saturated rings. The minimum atomic E-state index is -3.87. The molecule has 5 unspecified atom stereocenters. The number of benzene rings is 1. The van der Waals surface area contributed by atoms with E-state index in [-0.39, 0.29) is 48.4 Å². The largest absolute Gasteiger partial charge is 0.491 e. The second kappa shape index (κ2) is 13.7. The number of carbonyl (C=O) groups excluding carboxylic acids is 3. The lowest BCUT2D eigenvalue weighted by Gasteiger charge is -2.28. The third-order valence-corrected chi connectivity index (χ3v) is 11.4. The first kappa shape index (κ1) is 34.9. The number of nitrogens with two attached hydrogens (primary N) is 1. The Hall–Kier alpha value is -3.98. The third-order valence-electron chi connectivity index (χ3n) is 9.56. The summed E-state index contributed by atoms with van der Waals surface area (Å²) in [5.74, 6) is -2.46. The van der Waals surface area contributed by atoms with Gasteiger partial charge in [0.15, 0.2) is 11.6 Å². The zero-order valence-corrected chi connectivity index (χ0v) is 28.8. The van der Waals surface area contributed by atoms with Crippen LogP contribution >= 0.6 is 0 Å². The van der Waals surface area contributed by atoms with Crippen molar-refractivity contribution in [2.24, 2.45) is 11.7 Å². The average Bonchev–Trinajstić information content (AvgIpc) is 3.96. The Morgan fingerprint density at radius 2 is 1.96 bits per heavy atom. The van der Waals surface area contributed by atoms with E-state index in [9.17, 15) is 27.2 Å². The fraction of sp³-hybridized carbons (Fsp3) is 0.588. The number of nitrogens with one attached hydrogen (secondary N) is 2. The summed E-state index contributed by atoms with van der Waals surface area (Å²) in [5.41, 5.74) is 5.08. The molecule has 3 heterocycles. The highest BCUT2D eigenvalue weighted by atomic mass is 32.2. The minimum Gasteiger partial charge on any atom is -0.491 e. The number of ether oxygens (including phenoxy) is 3. The van der Waals surface area contributed by atoms with E-state index in [1.54, 1.807) is 6.07 Å². The predicted octanol–water partition coefficient (Wildman–Crippen LogP) is 2.85. The standard InChI is InChI=1S/C34H44FN5O8S/c1-19(2)47-28-16-27(23-13-14-24(35)30(46-3)29(23)37-28)48-21-15-26-31(41)38-34(33(43)39-49(44,45)22-11-12-22)17-20(34)9-7-5-4-6-8-10-25(36)32(42)40(26)18-21/h7,9,13-14,16,19-22,25-26H,4-6,8,10-12,15,17-18,36H2,1-3H3,(H,38,41)(H,39,43). The van der Waals surface area contributed by atoms with Gasteiger partial charge >= 0.3 is 0 Å². The highest BCUT2D eigenvalue weighted by Crippen LogP contribution is 2.46. The zero-order valence-electron chi connectivity index (χ0n) is 27.9. The lowest BCUT2D eigenvalue weighted by molar-refractivity contribution is -0.140. The van der Waals surface area contributed by atoms with Crippen LogP contribution in [0.4, 0.5) is 4.39 Å². The van der Waals surface area contributed by atoms with E-state index in [0.717, 1.165) is 25.7 Å². The van der Waals surface area contributed by atoms with E-state index in [2.05, 4.69) is 15.0 Å². The number of nitrogens with zero attached hydrogens (tertiary/aromatic N) is 2. The molecule has 6 rings (SSSR count). The fourth-order valence-corrected chi connectivity index (χ4v) is 8.07. The van der Waals surface area contributed by atoms with E-state index >= 15 is 0 Å². The van der Waals surface area contributed by atoms with Crippen molar-refractivity contribution in [3.05, 3.63) is 36.2 Å². The lowest BCUT2D eigenvalue weighted by atomic mass is 10.1. The number of aromatic nitrogens is 1. The number of rotatable bonds is 8. The molecule has 2 saturated carbocycles. The summed E-state index contributed by atoms with van der Waals surface area (Å²) in [6.07, 6.45) is 7.67. The Bertz CT molecular complexity index is 1770. The second-order valence-electron chi connectivity index (χ2n) is 13.7. The van der Waals surface area contributed by atoms with Crippen LogP contribution in [0.1, 0.15) is 71.6 Å². The molecule has 5 atom stereocenters. The molecular weight excluding hydrogens is 657 g/mol. The summed E-state index contributed by atoms with van der Waals surface area (Å²) < 4.78 is 59.9. The average molecular weight is 702 g/mol. The molecule has 2 aromatic rings. The summed E-state index contributed by atoms with van der Waals surface area (Å²) in [6, 6.07) is 2.40. The molecule has 1 saturated heterocycles. The maximum atomic E-state index is 14.7. The Morgan fingerprint density at radius 1 is 1.18 bits per heavy atom. The molecule has 15 heteroatoms. The van der Waals surface area contributed by atoms with Crippen LogP contribution in [0, 0.1) is 11.7 Å². The second-order valence-corrected chi connectivity index (χ2v) is 15.7. The van der Waals surface area contributed by atoms with Gasteiger partial charge in [-0.05, 0) is 64.5 Å². The van der Waals surface area contributed by atoms with Crippen molar-refractivity contribution < 1.29 is 41.4 Å². The monoisotopic (exact) mass is 701 g/mol. The highest BCUT2D eigenvalue weighted by molar-refractivity contribution is 7.91. The van der Waals surface area contributed by atoms with Crippen LogP contribution in [-0.4, -0.2) is 84.8 Å². The Morgan fingerprint density at radius 3 is 2.67 bits per heavy atom. The molecule has 266 valence electrons. The molecule has 1 aromatic heterocycles. The van der Waals surface area contributed by atoms with Crippen LogP contribution in [0.15, 0.2) is 30.4 Å². The molecule has 2 aliphatic heterocycles. The van der Waals surface area contributed by atoms with Gasteiger partial charge < -0.3 is 30.2 Å². The Balaban J connectivity index is 1.31. The molecular formula is C34H44FN5O8S. The van der Waals surface area contributed by atoms with Gasteiger partial charge in [0.2, 0.25) is 27.7 Å². The van der Waals surface area contributed by atoms with Crippen molar-refractivity contribution in [2.75, 3.05) is 13.7 Å². The van der Waals surface area contributed by atoms with Gasteiger partial charge in [-0.1, -0.05) is 25.0 Å². The number of halogens is 1. The van der Waals surface area contributed by atoms with E-state index in [4.69, 9.17) is 19.9 Å². The first-order chi connectivity index (χ1) is 23.3. The molecule has 0 spiro atoms. The van der Waals surface area contributed by atoms with Crippen LogP contribution in [-0.2, 0) is 24.4 Å². The summed E-state index contributed by atoms with van der Waals surface area (Å²) in [4.78, 5) is 47.3. The van der Waals surface area contributed by atoms with Crippen molar-refractivity contribution >= 4 is 38.6 Å². The molecule has 2 aliphatic carbocycles. The van der Waals surface area contributed by atoms with E-state index < -0.39 is 68.5 Å². The molecule has 4 N–H and O–H groups in total. The summed E-state index contributed by atoms with van der Waals surface area (Å²) in [7, 11) is -2.53. The number of pyridine rings is 1. The van der Waals surface area contributed by atoms with Crippen molar-refractivity contribution in [3.63, 3.8) is 0 Å². The maximum absolute atomic E-state index is 14.7. The van der Waals surface area contributed by atoms with Gasteiger partial charge in [-0.3, -0.25) is 19.1 Å². The van der Waals surface area contributed by atoms with Gasteiger partial charge in [-0.25, -0.2) is 17.8 Å². The molecule has 0 bridgehead atoms. The number of fused-ring (bicyclic) bond motifs is 3. The number of hydrogen-bond acceptors (Lipinski definition) is 10. The van der Waals surface area contributed by atoms with Gasteiger partial charge in [-0.15, -0.1) is 0 Å². The van der Waals surface area contributed by atoms with Crippen molar-refractivity contribution in [1.82, 2.24) is 19.9 Å². The maximum Gasteiger partial charge on any atom is 0.259 e. The van der Waals surface area contributed by atoms with Crippen LogP contribution in [0.3, 0.4) is 0 Å². The van der Waals surface area contributed by atoms with Crippen LogP contribution in [0.5, 0.6) is 17.4 Å². The fourth-order valence-electron chi connectivity index (χ4n) is 6.70. The minimum absolute atomic E-state index is 0.00568. The number of hydrogen-bond donors (Lipinski definition) is 3. The third kappa shape index (κ3) is 7.32. The quantitative estimate of drug-likeness (QED) is 0.347. The van der Waals surface area contributed by atoms with Crippen LogP contribution in [0.25, 0.3) is 10.9 Å². The number of amides is 3. The van der Waals surface area contributed by atoms with Crippen LogP contribution < -0.4 is 30.0 Å². The molecule has 3 amide bonds. The molecule has 49 heavy (non-hydrogen) atoms. The normalized spacial score (nSPS) is 27.8. The number of carbonyl (C=O) groups is 3. The Labute approximate surface area is 285 Å². The molecule has 13 nitrogen and oxygen atoms in total. The number of sulfonamides is 1. The lowest BCUT2D eigenvalue weighted by Crippen LogP contribution is -2.57. The van der Waals surface area contributed by atoms with Gasteiger partial charge in [-0.2, -0.15) is 0 Å². The SMILES string of the molecule is COc1c(F)ccc2c(OC3CC4C(=O)NC5(C(=O)NS(=O)(=O)C6CC6)CC5C=CCCCCCC(N)C(=O)N4C3)cc(OC(C)C)nc12. The van der Waals surface area contributed by atoms with Crippen molar-refractivity contribution in [3.8, 4) is 17.4 Å². The molecule has 0 radical (unpaired) electrons. The first-order valence-electron chi connectivity index (χ1n) is 16.9. The Kier molecular flexibility index (Phi) is 9.77. The van der Waals surface area contributed by atoms with Gasteiger partial charge in [0, 0.05) is 23.8 Å². The van der Waals surface area contributed by atoms with E-state index in [1.165, 1.54) is 24.1 Å². The summed E-state index contributed by atoms with van der Waals surface area (Å²) >= 11 is 0. The van der Waals surface area contributed by atoms with E-state index in [1.807, 2.05) is 26.0 Å². The summed E-state index contributed by atoms with van der Waals surface area (Å²) in [5, 5.41) is 2.67. The zero-order chi connectivity index (χ0) is 35.1. The van der Waals surface area contributed by atoms with Gasteiger partial charge in [0.1, 0.15) is 29.0 Å². The molecule has 1 aromatic carbocycles. The van der Waals surface area contributed by atoms with E-state index in [0.29, 0.717) is 24.6 Å². The summed E-state index contributed by atoms with van der Waals surface area (Å²) in [6.45, 7) is 3.64. The predicted molar refractivity (Wildman–Crippen MR) is 178 cm³/mol. The van der Waals surface area contributed by atoms with Crippen molar-refractivity contribution in [2.45, 2.75) is 107 Å². The van der Waals surface area contributed by atoms with Gasteiger partial charge in [0.05, 0.1) is 31.1 Å². The van der Waals surface area contributed by atoms with Crippen molar-refractivity contribution in [1.29, 1.82) is 0 Å². The number of methoxy groups -OCH3 is 1. The first-order valence-corrected chi connectivity index (χ1v) is 18.5. The topological polar surface area (TPSA) is 179 Å².